The van der Waals surface area contributed by atoms with Crippen LogP contribution in [0, 0.1) is 10.1 Å². The predicted molar refractivity (Wildman–Crippen MR) is 97.2 cm³/mol. The first-order valence-electron chi connectivity index (χ1n) is 7.66. The van der Waals surface area contributed by atoms with Crippen LogP contribution in [0.25, 0.3) is 0 Å². The molecule has 0 aromatic heterocycles. The zero-order valence-electron chi connectivity index (χ0n) is 13.7. The smallest absolute Gasteiger partial charge is 0.326 e. The highest BCUT2D eigenvalue weighted by atomic mass is 35.5. The number of carbonyl (C=O) groups excluding carboxylic acids is 2. The van der Waals surface area contributed by atoms with E-state index in [9.17, 15) is 19.7 Å². The molecule has 0 unspecified atom stereocenters. The van der Waals surface area contributed by atoms with Crippen LogP contribution in [0.2, 0.25) is 10.0 Å². The average molecular weight is 411 g/mol. The van der Waals surface area contributed by atoms with Crippen molar-refractivity contribution in [2.45, 2.75) is 6.61 Å². The molecule has 0 N–H and O–H groups in total. The third-order valence-electron chi connectivity index (χ3n) is 3.79. The van der Waals surface area contributed by atoms with E-state index in [1.807, 2.05) is 0 Å². The van der Waals surface area contributed by atoms with Gasteiger partial charge in [0, 0.05) is 27.7 Å². The minimum Gasteiger partial charge on any atom is -0.482 e. The minimum atomic E-state index is -0.700. The summed E-state index contributed by atoms with van der Waals surface area (Å²) in [6.07, 6.45) is 0. The van der Waals surface area contributed by atoms with Crippen molar-refractivity contribution in [2.24, 2.45) is 0 Å². The average Bonchev–Trinajstić information content (AvgIpc) is 2.63. The third-order valence-corrected chi connectivity index (χ3v) is 4.37. The fourth-order valence-electron chi connectivity index (χ4n) is 2.45. The maximum Gasteiger partial charge on any atom is 0.326 e. The molecule has 0 bridgehead atoms. The minimum absolute atomic E-state index is 0.102. The fraction of sp³-hybridized carbons (Fsp3) is 0.176. The van der Waals surface area contributed by atoms with Crippen LogP contribution in [-0.2, 0) is 20.9 Å². The lowest BCUT2D eigenvalue weighted by molar-refractivity contribution is -0.384. The lowest BCUT2D eigenvalue weighted by Gasteiger charge is -2.28. The number of ether oxygens (including phenoxy) is 2. The molecule has 0 fully saturated rings. The Labute approximate surface area is 163 Å². The number of hydrogen-bond acceptors (Lipinski definition) is 6. The highest BCUT2D eigenvalue weighted by molar-refractivity contribution is 6.35. The van der Waals surface area contributed by atoms with E-state index in [0.717, 1.165) is 4.90 Å². The molecule has 3 rings (SSSR count). The number of anilines is 1. The Hall–Kier alpha value is -2.84. The lowest BCUT2D eigenvalue weighted by atomic mass is 10.2. The highest BCUT2D eigenvalue weighted by Gasteiger charge is 2.29. The summed E-state index contributed by atoms with van der Waals surface area (Å²) in [6, 6.07) is 8.57. The zero-order valence-corrected chi connectivity index (χ0v) is 15.2. The summed E-state index contributed by atoms with van der Waals surface area (Å²) in [5.41, 5.74) is 0.471. The third kappa shape index (κ3) is 4.29. The molecule has 2 aromatic carbocycles. The number of nitrogens with zero attached hydrogens (tertiary/aromatic N) is 2. The fourth-order valence-corrected chi connectivity index (χ4v) is 2.91. The zero-order chi connectivity index (χ0) is 19.6. The van der Waals surface area contributed by atoms with Crippen molar-refractivity contribution in [2.75, 3.05) is 18.1 Å². The molecule has 0 aliphatic carbocycles. The number of nitro benzene ring substituents is 1. The second-order valence-corrected chi connectivity index (χ2v) is 6.42. The van der Waals surface area contributed by atoms with Crippen molar-refractivity contribution in [1.82, 2.24) is 0 Å². The molecule has 0 saturated carbocycles. The van der Waals surface area contributed by atoms with Crippen LogP contribution in [0.1, 0.15) is 5.56 Å². The number of halogens is 2. The summed E-state index contributed by atoms with van der Waals surface area (Å²) in [5, 5.41) is 11.8. The van der Waals surface area contributed by atoms with Gasteiger partial charge in [-0.05, 0) is 18.2 Å². The van der Waals surface area contributed by atoms with Gasteiger partial charge in [-0.25, -0.2) is 0 Å². The van der Waals surface area contributed by atoms with E-state index in [0.29, 0.717) is 15.6 Å². The highest BCUT2D eigenvalue weighted by Crippen LogP contribution is 2.35. The van der Waals surface area contributed by atoms with Gasteiger partial charge in [0.15, 0.2) is 6.61 Å². The van der Waals surface area contributed by atoms with Crippen LogP contribution >= 0.6 is 23.2 Å². The van der Waals surface area contributed by atoms with E-state index in [4.69, 9.17) is 32.7 Å². The maximum absolute atomic E-state index is 12.2. The Kier molecular flexibility index (Phi) is 5.48. The van der Waals surface area contributed by atoms with Crippen LogP contribution in [0.4, 0.5) is 11.4 Å². The number of hydrogen-bond donors (Lipinski definition) is 0. The molecule has 10 heteroatoms. The molecular weight excluding hydrogens is 399 g/mol. The van der Waals surface area contributed by atoms with Gasteiger partial charge in [-0.3, -0.25) is 24.6 Å². The number of fused-ring (bicyclic) bond motifs is 1. The lowest BCUT2D eigenvalue weighted by Crippen LogP contribution is -2.42. The van der Waals surface area contributed by atoms with E-state index in [1.54, 1.807) is 12.1 Å². The molecule has 27 heavy (non-hydrogen) atoms. The first-order valence-corrected chi connectivity index (χ1v) is 8.42. The number of benzene rings is 2. The van der Waals surface area contributed by atoms with Crippen LogP contribution in [-0.4, -0.2) is 30.0 Å². The van der Waals surface area contributed by atoms with E-state index < -0.39 is 23.3 Å². The molecule has 0 radical (unpaired) electrons. The second-order valence-electron chi connectivity index (χ2n) is 5.57. The SMILES string of the molecule is O=C(CN1C(=O)COc2ccc([N+](=O)[O-])cc21)OCc1ccc(Cl)cc1Cl. The Morgan fingerprint density at radius 1 is 1.26 bits per heavy atom. The van der Waals surface area contributed by atoms with Crippen LogP contribution in [0.5, 0.6) is 5.75 Å². The van der Waals surface area contributed by atoms with E-state index in [1.165, 1.54) is 24.3 Å². The van der Waals surface area contributed by atoms with Crippen LogP contribution < -0.4 is 9.64 Å². The largest absolute Gasteiger partial charge is 0.482 e. The Bertz CT molecular complexity index is 934. The summed E-state index contributed by atoms with van der Waals surface area (Å²) in [5.74, 6) is -0.938. The van der Waals surface area contributed by atoms with Crippen molar-refractivity contribution in [3.63, 3.8) is 0 Å². The van der Waals surface area contributed by atoms with Crippen molar-refractivity contribution in [3.8, 4) is 5.75 Å². The van der Waals surface area contributed by atoms with Crippen molar-refractivity contribution < 1.29 is 24.0 Å². The van der Waals surface area contributed by atoms with Gasteiger partial charge in [-0.15, -0.1) is 0 Å². The Morgan fingerprint density at radius 2 is 2.04 bits per heavy atom. The van der Waals surface area contributed by atoms with Gasteiger partial charge in [0.1, 0.15) is 18.9 Å². The van der Waals surface area contributed by atoms with Gasteiger partial charge in [-0.2, -0.15) is 0 Å². The molecule has 0 saturated heterocycles. The van der Waals surface area contributed by atoms with Crippen molar-refractivity contribution in [1.29, 1.82) is 0 Å². The summed E-state index contributed by atoms with van der Waals surface area (Å²) in [6.45, 7) is -0.794. The first kappa shape index (κ1) is 18.9. The maximum atomic E-state index is 12.2. The standard InChI is InChI=1S/C17H12Cl2N2O6/c18-11-2-1-10(13(19)5-11)8-27-17(23)7-20-14-6-12(21(24)25)3-4-15(14)26-9-16(20)22/h1-6H,7-9H2. The number of rotatable bonds is 5. The number of amides is 1. The molecule has 0 spiro atoms. The molecule has 140 valence electrons. The molecule has 1 heterocycles. The van der Waals surface area contributed by atoms with E-state index in [-0.39, 0.29) is 30.3 Å². The van der Waals surface area contributed by atoms with Gasteiger partial charge in [0.25, 0.3) is 11.6 Å². The van der Waals surface area contributed by atoms with Crippen LogP contribution in [0.15, 0.2) is 36.4 Å². The molecule has 0 atom stereocenters. The van der Waals surface area contributed by atoms with Gasteiger partial charge in [0.05, 0.1) is 10.6 Å². The monoisotopic (exact) mass is 410 g/mol. The summed E-state index contributed by atoms with van der Waals surface area (Å²) in [4.78, 5) is 35.8. The molecule has 1 amide bonds. The Balaban J connectivity index is 1.73. The van der Waals surface area contributed by atoms with Gasteiger partial charge in [0.2, 0.25) is 0 Å². The van der Waals surface area contributed by atoms with Gasteiger partial charge >= 0.3 is 5.97 Å². The summed E-state index contributed by atoms with van der Waals surface area (Å²) in [7, 11) is 0. The van der Waals surface area contributed by atoms with Crippen LogP contribution in [0.3, 0.4) is 0 Å². The molecule has 8 nitrogen and oxygen atoms in total. The van der Waals surface area contributed by atoms with E-state index in [2.05, 4.69) is 0 Å². The molecule has 2 aromatic rings. The number of esters is 1. The summed E-state index contributed by atoms with van der Waals surface area (Å²) < 4.78 is 10.4. The number of non-ortho nitro benzene ring substituents is 1. The number of carbonyl (C=O) groups is 2. The first-order chi connectivity index (χ1) is 12.8. The quantitative estimate of drug-likeness (QED) is 0.425. The van der Waals surface area contributed by atoms with Crippen molar-refractivity contribution >= 4 is 46.5 Å². The molecule has 1 aliphatic rings. The van der Waals surface area contributed by atoms with E-state index >= 15 is 0 Å². The summed E-state index contributed by atoms with van der Waals surface area (Å²) >= 11 is 11.8. The molecular formula is C17H12Cl2N2O6. The van der Waals surface area contributed by atoms with Gasteiger partial charge in [-0.1, -0.05) is 29.3 Å². The number of nitro groups is 1. The topological polar surface area (TPSA) is 99.0 Å². The predicted octanol–water partition coefficient (Wildman–Crippen LogP) is 3.37. The van der Waals surface area contributed by atoms with Gasteiger partial charge < -0.3 is 9.47 Å². The Morgan fingerprint density at radius 3 is 2.74 bits per heavy atom. The second kappa shape index (κ2) is 7.81. The molecule has 1 aliphatic heterocycles. The van der Waals surface area contributed by atoms with Crippen molar-refractivity contribution in [3.05, 3.63) is 62.1 Å². The normalized spacial score (nSPS) is 13.0.